The number of rotatable bonds is 18. The lowest BCUT2D eigenvalue weighted by atomic mass is 10.1. The minimum Gasteiger partial charge on any atom is -0.481 e. The van der Waals surface area contributed by atoms with Crippen molar-refractivity contribution < 1.29 is 24.6 Å². The molecular weight excluding hydrogens is 416 g/mol. The van der Waals surface area contributed by atoms with Gasteiger partial charge in [0.05, 0.1) is 0 Å². The molecule has 0 aromatic carbocycles. The molecule has 0 aromatic rings. The van der Waals surface area contributed by atoms with Gasteiger partial charge in [0.1, 0.15) is 0 Å². The third-order valence-electron chi connectivity index (χ3n) is 5.08. The fourth-order valence-electron chi connectivity index (χ4n) is 3.30. The lowest BCUT2D eigenvalue weighted by molar-refractivity contribution is -0.138. The molecule has 8 heteroatoms. The molecule has 1 aliphatic heterocycles. The number of carbonyl (C=O) groups excluding carboxylic acids is 1. The van der Waals surface area contributed by atoms with E-state index in [0.717, 1.165) is 63.4 Å². The van der Waals surface area contributed by atoms with E-state index in [4.69, 9.17) is 10.2 Å². The van der Waals surface area contributed by atoms with E-state index in [1.54, 1.807) is 0 Å². The number of thioether (sulfide) groups is 1. The van der Waals surface area contributed by atoms with Crippen LogP contribution >= 0.6 is 11.8 Å². The molecule has 4 N–H and O–H groups in total. The number of nitrogens with one attached hydrogen (secondary N) is 2. The zero-order valence-electron chi connectivity index (χ0n) is 18.7. The molecule has 1 amide bonds. The monoisotopic (exact) mass is 454 g/mol. The molecular formula is C23H38N2O5S. The van der Waals surface area contributed by atoms with Crippen molar-refractivity contribution in [2.24, 2.45) is 0 Å². The molecule has 0 aromatic heterocycles. The average molecular weight is 455 g/mol. The summed E-state index contributed by atoms with van der Waals surface area (Å²) in [6, 6.07) is 0. The lowest BCUT2D eigenvalue weighted by Gasteiger charge is -2.34. The Balaban J connectivity index is 2.18. The summed E-state index contributed by atoms with van der Waals surface area (Å²) in [5.41, 5.74) is 1.07. The van der Waals surface area contributed by atoms with E-state index in [9.17, 15) is 14.4 Å². The highest BCUT2D eigenvalue weighted by Gasteiger charge is 2.29. The van der Waals surface area contributed by atoms with Gasteiger partial charge in [-0.05, 0) is 43.6 Å². The molecule has 0 saturated carbocycles. The van der Waals surface area contributed by atoms with E-state index in [0.29, 0.717) is 18.6 Å². The maximum atomic E-state index is 12.5. The largest absolute Gasteiger partial charge is 0.481 e. The van der Waals surface area contributed by atoms with E-state index >= 15 is 0 Å². The summed E-state index contributed by atoms with van der Waals surface area (Å²) in [7, 11) is 0. The third kappa shape index (κ3) is 13.9. The number of dihydropyridines is 1. The van der Waals surface area contributed by atoms with Crippen molar-refractivity contribution in [3.8, 4) is 0 Å². The Hall–Kier alpha value is -1.96. The normalized spacial score (nSPS) is 17.6. The quantitative estimate of drug-likeness (QED) is 0.174. The third-order valence-corrected chi connectivity index (χ3v) is 6.38. The number of hydrogen-bond donors (Lipinski definition) is 4. The van der Waals surface area contributed by atoms with Crippen LogP contribution in [0.25, 0.3) is 0 Å². The van der Waals surface area contributed by atoms with Gasteiger partial charge in [-0.25, -0.2) is 0 Å². The van der Waals surface area contributed by atoms with Crippen molar-refractivity contribution in [2.75, 3.05) is 5.75 Å². The van der Waals surface area contributed by atoms with Crippen LogP contribution in [0.1, 0.15) is 90.4 Å². The SMILES string of the molecule is CC1=CNC(NC(=O)CCCCCCCCCCCC(=O)O)(SCCCC(=O)O)C=C1. The first kappa shape index (κ1) is 27.1. The van der Waals surface area contributed by atoms with Gasteiger partial charge in [-0.3, -0.25) is 14.4 Å². The lowest BCUT2D eigenvalue weighted by Crippen LogP contribution is -2.54. The van der Waals surface area contributed by atoms with E-state index in [1.165, 1.54) is 11.8 Å². The molecule has 0 aliphatic carbocycles. The van der Waals surface area contributed by atoms with Crippen LogP contribution in [0, 0.1) is 0 Å². The first-order valence-electron chi connectivity index (χ1n) is 11.4. The summed E-state index contributed by atoms with van der Waals surface area (Å²) >= 11 is 1.51. The minimum absolute atomic E-state index is 0.00531. The minimum atomic E-state index is -0.806. The van der Waals surface area contributed by atoms with Crippen LogP contribution in [0.2, 0.25) is 0 Å². The molecule has 1 rings (SSSR count). The van der Waals surface area contributed by atoms with Gasteiger partial charge in [0.25, 0.3) is 0 Å². The molecule has 0 bridgehead atoms. The van der Waals surface area contributed by atoms with E-state index in [1.807, 2.05) is 25.3 Å². The molecule has 0 radical (unpaired) electrons. The second-order valence-electron chi connectivity index (χ2n) is 8.07. The highest BCUT2D eigenvalue weighted by Crippen LogP contribution is 2.26. The molecule has 1 unspecified atom stereocenters. The van der Waals surface area contributed by atoms with Crippen LogP contribution in [0.3, 0.4) is 0 Å². The van der Waals surface area contributed by atoms with Gasteiger partial charge in [-0.1, -0.05) is 51.0 Å². The van der Waals surface area contributed by atoms with Crippen molar-refractivity contribution in [2.45, 2.75) is 95.4 Å². The Labute approximate surface area is 190 Å². The molecule has 7 nitrogen and oxygen atoms in total. The summed E-state index contributed by atoms with van der Waals surface area (Å²) in [4.78, 5) is 32.9. The van der Waals surface area contributed by atoms with Crippen molar-refractivity contribution >= 4 is 29.6 Å². The fraction of sp³-hybridized carbons (Fsp3) is 0.696. The Bertz CT molecular complexity index is 635. The summed E-state index contributed by atoms with van der Waals surface area (Å²) in [6.07, 6.45) is 16.5. The number of carbonyl (C=O) groups is 3. The summed E-state index contributed by atoms with van der Waals surface area (Å²) < 4.78 is 0. The predicted octanol–water partition coefficient (Wildman–Crippen LogP) is 4.79. The van der Waals surface area contributed by atoms with Gasteiger partial charge in [-0.2, -0.15) is 0 Å². The Kier molecular flexibility index (Phi) is 13.8. The molecule has 1 heterocycles. The molecule has 1 atom stereocenters. The van der Waals surface area contributed by atoms with Crippen LogP contribution in [-0.2, 0) is 14.4 Å². The van der Waals surface area contributed by atoms with Crippen LogP contribution in [0.15, 0.2) is 23.9 Å². The Morgan fingerprint density at radius 2 is 1.39 bits per heavy atom. The van der Waals surface area contributed by atoms with Crippen molar-refractivity contribution in [3.63, 3.8) is 0 Å². The van der Waals surface area contributed by atoms with E-state index in [2.05, 4.69) is 10.6 Å². The number of unbranched alkanes of at least 4 members (excludes halogenated alkanes) is 8. The smallest absolute Gasteiger partial charge is 0.303 e. The van der Waals surface area contributed by atoms with Crippen molar-refractivity contribution in [1.82, 2.24) is 10.6 Å². The van der Waals surface area contributed by atoms with Crippen LogP contribution in [0.5, 0.6) is 0 Å². The van der Waals surface area contributed by atoms with Gasteiger partial charge in [0, 0.05) is 25.5 Å². The van der Waals surface area contributed by atoms with Crippen LogP contribution in [-0.4, -0.2) is 38.8 Å². The summed E-state index contributed by atoms with van der Waals surface area (Å²) in [5.74, 6) is -0.893. The number of hydrogen-bond acceptors (Lipinski definition) is 5. The predicted molar refractivity (Wildman–Crippen MR) is 125 cm³/mol. The fourth-order valence-corrected chi connectivity index (χ4v) is 4.40. The maximum absolute atomic E-state index is 12.5. The summed E-state index contributed by atoms with van der Waals surface area (Å²) in [6.45, 7) is 1.97. The van der Waals surface area contributed by atoms with E-state index in [-0.39, 0.29) is 18.7 Å². The molecule has 31 heavy (non-hydrogen) atoms. The zero-order chi connectivity index (χ0) is 23.0. The number of carboxylic acid groups (broad SMARTS) is 2. The van der Waals surface area contributed by atoms with Gasteiger partial charge < -0.3 is 20.8 Å². The van der Waals surface area contributed by atoms with Gasteiger partial charge in [0.15, 0.2) is 4.99 Å². The number of aliphatic carboxylic acids is 2. The average Bonchev–Trinajstić information content (AvgIpc) is 2.71. The molecule has 1 aliphatic rings. The zero-order valence-corrected chi connectivity index (χ0v) is 19.5. The van der Waals surface area contributed by atoms with Crippen molar-refractivity contribution in [1.29, 1.82) is 0 Å². The topological polar surface area (TPSA) is 116 Å². The van der Waals surface area contributed by atoms with Crippen molar-refractivity contribution in [3.05, 3.63) is 23.9 Å². The first-order chi connectivity index (χ1) is 14.8. The van der Waals surface area contributed by atoms with Gasteiger partial charge in [-0.15, -0.1) is 11.8 Å². The van der Waals surface area contributed by atoms with Gasteiger partial charge in [0.2, 0.25) is 5.91 Å². The number of allylic oxidation sites excluding steroid dienone is 2. The van der Waals surface area contributed by atoms with Gasteiger partial charge >= 0.3 is 11.9 Å². The number of amides is 1. The highest BCUT2D eigenvalue weighted by molar-refractivity contribution is 8.00. The Morgan fingerprint density at radius 3 is 1.90 bits per heavy atom. The molecule has 0 spiro atoms. The van der Waals surface area contributed by atoms with Crippen LogP contribution in [0.4, 0.5) is 0 Å². The standard InChI is InChI=1S/C23H38N2O5S/c1-19-15-16-23(24-18-19,31-17-11-14-22(29)30)25-20(26)12-9-7-5-3-2-4-6-8-10-13-21(27)28/h15-16,18,24H,2-14,17H2,1H3,(H,25,26)(H,27,28)(H,29,30). The maximum Gasteiger partial charge on any atom is 0.303 e. The molecule has 0 fully saturated rings. The molecule has 0 saturated heterocycles. The van der Waals surface area contributed by atoms with E-state index < -0.39 is 16.9 Å². The second kappa shape index (κ2) is 15.8. The number of carboxylic acids is 2. The first-order valence-corrected chi connectivity index (χ1v) is 12.3. The van der Waals surface area contributed by atoms with Crippen LogP contribution < -0.4 is 10.6 Å². The summed E-state index contributed by atoms with van der Waals surface area (Å²) in [5, 5.41) is 23.7. The Morgan fingerprint density at radius 1 is 0.871 bits per heavy atom. The molecule has 176 valence electrons. The highest BCUT2D eigenvalue weighted by atomic mass is 32.2. The second-order valence-corrected chi connectivity index (χ2v) is 9.41.